The first kappa shape index (κ1) is 19.6. The summed E-state index contributed by atoms with van der Waals surface area (Å²) in [4.78, 5) is 14.4. The molecule has 1 amide bonds. The van der Waals surface area contributed by atoms with E-state index in [2.05, 4.69) is 10.2 Å². The van der Waals surface area contributed by atoms with Gasteiger partial charge in [-0.05, 0) is 43.9 Å². The van der Waals surface area contributed by atoms with Gasteiger partial charge in [-0.25, -0.2) is 0 Å². The van der Waals surface area contributed by atoms with Crippen LogP contribution in [0, 0.1) is 0 Å². The van der Waals surface area contributed by atoms with Crippen molar-refractivity contribution in [2.24, 2.45) is 0 Å². The summed E-state index contributed by atoms with van der Waals surface area (Å²) in [5.41, 5.74) is 1.48. The Morgan fingerprint density at radius 1 is 0.962 bits per heavy atom. The second-order valence-corrected chi connectivity index (χ2v) is 6.08. The van der Waals surface area contributed by atoms with Crippen LogP contribution in [-0.4, -0.2) is 52.3 Å². The molecule has 2 aromatic carbocycles. The molecular formula is C20H26N2O4. The number of likely N-dealkylation sites (N-methyl/N-ethyl adjacent to an activating group) is 1. The first-order valence-electron chi connectivity index (χ1n) is 8.39. The van der Waals surface area contributed by atoms with E-state index in [9.17, 15) is 4.79 Å². The van der Waals surface area contributed by atoms with Crippen LogP contribution in [0.25, 0.3) is 0 Å². The molecule has 1 N–H and O–H groups in total. The van der Waals surface area contributed by atoms with Gasteiger partial charge in [0.25, 0.3) is 5.91 Å². The maximum Gasteiger partial charge on any atom is 0.251 e. The summed E-state index contributed by atoms with van der Waals surface area (Å²) in [5, 5.41) is 2.90. The zero-order valence-corrected chi connectivity index (χ0v) is 15.7. The molecule has 0 aliphatic heterocycles. The van der Waals surface area contributed by atoms with E-state index < -0.39 is 0 Å². The molecule has 6 heteroatoms. The molecule has 0 unspecified atom stereocenters. The monoisotopic (exact) mass is 358 g/mol. The fourth-order valence-corrected chi connectivity index (χ4v) is 2.27. The molecule has 0 spiro atoms. The highest BCUT2D eigenvalue weighted by Gasteiger charge is 2.09. The van der Waals surface area contributed by atoms with Crippen LogP contribution in [0.5, 0.6) is 17.2 Å². The van der Waals surface area contributed by atoms with Gasteiger partial charge in [-0.2, -0.15) is 0 Å². The lowest BCUT2D eigenvalue weighted by atomic mass is 10.1. The maximum absolute atomic E-state index is 12.4. The van der Waals surface area contributed by atoms with E-state index >= 15 is 0 Å². The van der Waals surface area contributed by atoms with Crippen molar-refractivity contribution < 1.29 is 19.0 Å². The van der Waals surface area contributed by atoms with Crippen molar-refractivity contribution in [3.63, 3.8) is 0 Å². The number of carbonyl (C=O) groups excluding carboxylic acids is 1. The van der Waals surface area contributed by atoms with Gasteiger partial charge in [-0.15, -0.1) is 0 Å². The number of nitrogens with zero attached hydrogens (tertiary/aromatic N) is 1. The Morgan fingerprint density at radius 2 is 1.58 bits per heavy atom. The number of ether oxygens (including phenoxy) is 3. The van der Waals surface area contributed by atoms with Crippen LogP contribution in [0.15, 0.2) is 42.5 Å². The van der Waals surface area contributed by atoms with Gasteiger partial charge in [0.15, 0.2) is 0 Å². The van der Waals surface area contributed by atoms with Gasteiger partial charge in [0.05, 0.1) is 14.2 Å². The molecule has 2 aromatic rings. The standard InChI is InChI=1S/C20H26N2O4/c1-22(2)9-10-26-17-7-5-15(6-8-17)14-21-20(23)16-11-18(24-3)13-19(12-16)25-4/h5-8,11-13H,9-10,14H2,1-4H3,(H,21,23). The lowest BCUT2D eigenvalue weighted by molar-refractivity contribution is 0.0950. The predicted octanol–water partition coefficient (Wildman–Crippen LogP) is 2.57. The molecule has 26 heavy (non-hydrogen) atoms. The minimum absolute atomic E-state index is 0.187. The van der Waals surface area contributed by atoms with Crippen molar-refractivity contribution in [1.82, 2.24) is 10.2 Å². The smallest absolute Gasteiger partial charge is 0.251 e. The fourth-order valence-electron chi connectivity index (χ4n) is 2.27. The quantitative estimate of drug-likeness (QED) is 0.747. The number of nitrogens with one attached hydrogen (secondary N) is 1. The van der Waals surface area contributed by atoms with E-state index in [0.29, 0.717) is 30.2 Å². The van der Waals surface area contributed by atoms with Crippen molar-refractivity contribution >= 4 is 5.91 Å². The van der Waals surface area contributed by atoms with E-state index in [1.54, 1.807) is 32.4 Å². The van der Waals surface area contributed by atoms with Crippen molar-refractivity contribution in [3.8, 4) is 17.2 Å². The van der Waals surface area contributed by atoms with Crippen molar-refractivity contribution in [2.75, 3.05) is 41.5 Å². The molecule has 0 saturated carbocycles. The fraction of sp³-hybridized carbons (Fsp3) is 0.350. The molecule has 6 nitrogen and oxygen atoms in total. The summed E-state index contributed by atoms with van der Waals surface area (Å²) in [7, 11) is 7.12. The Hall–Kier alpha value is -2.73. The minimum atomic E-state index is -0.187. The molecule has 0 aliphatic carbocycles. The third kappa shape index (κ3) is 5.97. The van der Waals surface area contributed by atoms with Crippen LogP contribution in [0.3, 0.4) is 0 Å². The molecule has 0 saturated heterocycles. The van der Waals surface area contributed by atoms with Crippen LogP contribution in [-0.2, 0) is 6.54 Å². The zero-order valence-electron chi connectivity index (χ0n) is 15.7. The largest absolute Gasteiger partial charge is 0.497 e. The molecule has 140 valence electrons. The highest BCUT2D eigenvalue weighted by Crippen LogP contribution is 2.22. The third-order valence-corrected chi connectivity index (χ3v) is 3.80. The Kier molecular flexibility index (Phi) is 7.29. The maximum atomic E-state index is 12.4. The van der Waals surface area contributed by atoms with Gasteiger partial charge in [0.2, 0.25) is 0 Å². The number of hydrogen-bond donors (Lipinski definition) is 1. The number of amides is 1. The number of carbonyl (C=O) groups is 1. The average molecular weight is 358 g/mol. The van der Waals surface area contributed by atoms with Gasteiger partial charge >= 0.3 is 0 Å². The van der Waals surface area contributed by atoms with E-state index in [1.807, 2.05) is 38.4 Å². The van der Waals surface area contributed by atoms with Gasteiger partial charge < -0.3 is 24.4 Å². The van der Waals surface area contributed by atoms with Gasteiger partial charge in [0, 0.05) is 24.7 Å². The summed E-state index contributed by atoms with van der Waals surface area (Å²) >= 11 is 0. The molecule has 0 aliphatic rings. The number of hydrogen-bond acceptors (Lipinski definition) is 5. The van der Waals surface area contributed by atoms with Gasteiger partial charge in [0.1, 0.15) is 23.9 Å². The van der Waals surface area contributed by atoms with Crippen molar-refractivity contribution in [2.45, 2.75) is 6.54 Å². The first-order chi connectivity index (χ1) is 12.5. The normalized spacial score (nSPS) is 10.5. The second-order valence-electron chi connectivity index (χ2n) is 6.08. The van der Waals surface area contributed by atoms with Crippen molar-refractivity contribution in [1.29, 1.82) is 0 Å². The zero-order chi connectivity index (χ0) is 18.9. The molecular weight excluding hydrogens is 332 g/mol. The highest BCUT2D eigenvalue weighted by atomic mass is 16.5. The van der Waals surface area contributed by atoms with E-state index in [0.717, 1.165) is 17.9 Å². The summed E-state index contributed by atoms with van der Waals surface area (Å²) in [5.74, 6) is 1.79. The molecule has 2 rings (SSSR count). The average Bonchev–Trinajstić information content (AvgIpc) is 2.66. The number of methoxy groups -OCH3 is 2. The summed E-state index contributed by atoms with van der Waals surface area (Å²) in [6, 6.07) is 12.8. The molecule has 0 fully saturated rings. The van der Waals surface area contributed by atoms with Crippen LogP contribution in [0.2, 0.25) is 0 Å². The SMILES string of the molecule is COc1cc(OC)cc(C(=O)NCc2ccc(OCCN(C)C)cc2)c1. The van der Waals surface area contributed by atoms with Crippen LogP contribution in [0.1, 0.15) is 15.9 Å². The van der Waals surface area contributed by atoms with Gasteiger partial charge in [-0.1, -0.05) is 12.1 Å². The van der Waals surface area contributed by atoms with Crippen molar-refractivity contribution in [3.05, 3.63) is 53.6 Å². The van der Waals surface area contributed by atoms with E-state index in [1.165, 1.54) is 0 Å². The molecule has 0 bridgehead atoms. The third-order valence-electron chi connectivity index (χ3n) is 3.80. The number of rotatable bonds is 9. The van der Waals surface area contributed by atoms with E-state index in [-0.39, 0.29) is 5.91 Å². The molecule has 0 atom stereocenters. The molecule has 0 radical (unpaired) electrons. The number of benzene rings is 2. The lowest BCUT2D eigenvalue weighted by Crippen LogP contribution is -2.22. The van der Waals surface area contributed by atoms with Gasteiger partial charge in [-0.3, -0.25) is 4.79 Å². The topological polar surface area (TPSA) is 60.0 Å². The first-order valence-corrected chi connectivity index (χ1v) is 8.39. The Bertz CT molecular complexity index is 692. The highest BCUT2D eigenvalue weighted by molar-refractivity contribution is 5.95. The molecule has 0 heterocycles. The second kappa shape index (κ2) is 9.68. The Balaban J connectivity index is 1.91. The van der Waals surface area contributed by atoms with Crippen LogP contribution in [0.4, 0.5) is 0 Å². The lowest BCUT2D eigenvalue weighted by Gasteiger charge is -2.12. The minimum Gasteiger partial charge on any atom is -0.497 e. The Morgan fingerprint density at radius 3 is 2.12 bits per heavy atom. The van der Waals surface area contributed by atoms with Crippen LogP contribution < -0.4 is 19.5 Å². The summed E-state index contributed by atoms with van der Waals surface area (Å²) < 4.78 is 16.0. The summed E-state index contributed by atoms with van der Waals surface area (Å²) in [6.45, 7) is 1.93. The summed E-state index contributed by atoms with van der Waals surface area (Å²) in [6.07, 6.45) is 0. The predicted molar refractivity (Wildman–Crippen MR) is 101 cm³/mol. The molecule has 0 aromatic heterocycles. The van der Waals surface area contributed by atoms with E-state index in [4.69, 9.17) is 14.2 Å². The van der Waals surface area contributed by atoms with Crippen LogP contribution >= 0.6 is 0 Å². The Labute approximate surface area is 154 Å².